The Hall–Kier alpha value is -2.82. The molecule has 5 heteroatoms. The second-order valence-corrected chi connectivity index (χ2v) is 4.50. The van der Waals surface area contributed by atoms with Gasteiger partial charge in [0.25, 0.3) is 5.91 Å². The average molecular weight is 285 g/mol. The SMILES string of the molecule is CN(CC(=O)O)C(=O)c1cccc(Oc2ccccc2)c1. The molecule has 0 radical (unpaired) electrons. The van der Waals surface area contributed by atoms with E-state index in [0.717, 1.165) is 4.90 Å². The number of para-hydroxylation sites is 1. The minimum atomic E-state index is -1.05. The largest absolute Gasteiger partial charge is 0.480 e. The first kappa shape index (κ1) is 14.6. The second kappa shape index (κ2) is 6.56. The zero-order valence-corrected chi connectivity index (χ0v) is 11.5. The van der Waals surface area contributed by atoms with E-state index in [-0.39, 0.29) is 12.5 Å². The number of carbonyl (C=O) groups excluding carboxylic acids is 1. The van der Waals surface area contributed by atoms with Crippen LogP contribution in [-0.2, 0) is 4.79 Å². The van der Waals surface area contributed by atoms with E-state index in [1.807, 2.05) is 30.3 Å². The van der Waals surface area contributed by atoms with E-state index in [9.17, 15) is 9.59 Å². The summed E-state index contributed by atoms with van der Waals surface area (Å²) in [7, 11) is 1.45. The fourth-order valence-corrected chi connectivity index (χ4v) is 1.81. The van der Waals surface area contributed by atoms with Gasteiger partial charge in [0.1, 0.15) is 18.0 Å². The molecule has 0 fully saturated rings. The molecule has 1 N–H and O–H groups in total. The number of rotatable bonds is 5. The summed E-state index contributed by atoms with van der Waals surface area (Å²) in [6.07, 6.45) is 0. The zero-order chi connectivity index (χ0) is 15.2. The van der Waals surface area contributed by atoms with Gasteiger partial charge >= 0.3 is 5.97 Å². The monoisotopic (exact) mass is 285 g/mol. The lowest BCUT2D eigenvalue weighted by molar-refractivity contribution is -0.137. The molecule has 1 amide bonds. The molecule has 0 unspecified atom stereocenters. The van der Waals surface area contributed by atoms with Crippen molar-refractivity contribution in [3.8, 4) is 11.5 Å². The molecule has 2 aromatic carbocycles. The van der Waals surface area contributed by atoms with Crippen molar-refractivity contribution in [1.82, 2.24) is 4.90 Å². The molecule has 0 saturated heterocycles. The summed E-state index contributed by atoms with van der Waals surface area (Å²) in [4.78, 5) is 23.9. The second-order valence-electron chi connectivity index (χ2n) is 4.50. The molecule has 0 aliphatic carbocycles. The highest BCUT2D eigenvalue weighted by Gasteiger charge is 2.14. The fraction of sp³-hybridized carbons (Fsp3) is 0.125. The Morgan fingerprint density at radius 3 is 2.38 bits per heavy atom. The van der Waals surface area contributed by atoms with Crippen LogP contribution in [0.1, 0.15) is 10.4 Å². The molecule has 0 bridgehead atoms. The smallest absolute Gasteiger partial charge is 0.323 e. The Kier molecular flexibility index (Phi) is 4.56. The third-order valence-electron chi connectivity index (χ3n) is 2.78. The molecule has 108 valence electrons. The maximum absolute atomic E-state index is 12.1. The average Bonchev–Trinajstić information content (AvgIpc) is 2.47. The quantitative estimate of drug-likeness (QED) is 0.917. The number of amides is 1. The summed E-state index contributed by atoms with van der Waals surface area (Å²) in [5, 5.41) is 8.71. The van der Waals surface area contributed by atoms with Crippen LogP contribution < -0.4 is 4.74 Å². The van der Waals surface area contributed by atoms with Gasteiger partial charge in [-0.05, 0) is 30.3 Å². The fourth-order valence-electron chi connectivity index (χ4n) is 1.81. The minimum Gasteiger partial charge on any atom is -0.480 e. The van der Waals surface area contributed by atoms with Crippen LogP contribution >= 0.6 is 0 Å². The Bertz CT molecular complexity index is 640. The lowest BCUT2D eigenvalue weighted by atomic mass is 10.2. The van der Waals surface area contributed by atoms with Gasteiger partial charge in [0.2, 0.25) is 0 Å². The molecular weight excluding hydrogens is 270 g/mol. The van der Waals surface area contributed by atoms with E-state index < -0.39 is 5.97 Å². The molecule has 21 heavy (non-hydrogen) atoms. The van der Waals surface area contributed by atoms with Gasteiger partial charge in [-0.3, -0.25) is 9.59 Å². The molecule has 5 nitrogen and oxygen atoms in total. The van der Waals surface area contributed by atoms with Crippen molar-refractivity contribution >= 4 is 11.9 Å². The summed E-state index contributed by atoms with van der Waals surface area (Å²) in [6, 6.07) is 15.9. The number of nitrogens with zero attached hydrogens (tertiary/aromatic N) is 1. The van der Waals surface area contributed by atoms with Gasteiger partial charge in [-0.2, -0.15) is 0 Å². The van der Waals surface area contributed by atoms with Crippen LogP contribution in [0, 0.1) is 0 Å². The van der Waals surface area contributed by atoms with Crippen LogP contribution in [0.4, 0.5) is 0 Å². The summed E-state index contributed by atoms with van der Waals surface area (Å²) in [6.45, 7) is -0.345. The minimum absolute atomic E-state index is 0.345. The van der Waals surface area contributed by atoms with Crippen LogP contribution in [0.2, 0.25) is 0 Å². The number of carbonyl (C=O) groups is 2. The molecule has 0 saturated carbocycles. The predicted octanol–water partition coefficient (Wildman–Crippen LogP) is 2.64. The van der Waals surface area contributed by atoms with Crippen LogP contribution in [0.5, 0.6) is 11.5 Å². The van der Waals surface area contributed by atoms with E-state index in [2.05, 4.69) is 0 Å². The van der Waals surface area contributed by atoms with Crippen LogP contribution in [0.25, 0.3) is 0 Å². The van der Waals surface area contributed by atoms with E-state index in [1.54, 1.807) is 24.3 Å². The molecule has 0 heterocycles. The number of carboxylic acids is 1. The topological polar surface area (TPSA) is 66.8 Å². The third kappa shape index (κ3) is 4.07. The third-order valence-corrected chi connectivity index (χ3v) is 2.78. The van der Waals surface area contributed by atoms with E-state index in [1.165, 1.54) is 7.05 Å². The summed E-state index contributed by atoms with van der Waals surface area (Å²) in [5.41, 5.74) is 0.382. The number of likely N-dealkylation sites (N-methyl/N-ethyl adjacent to an activating group) is 1. The molecule has 0 spiro atoms. The summed E-state index contributed by atoms with van der Waals surface area (Å²) >= 11 is 0. The van der Waals surface area contributed by atoms with Gasteiger partial charge in [0.15, 0.2) is 0 Å². The lowest BCUT2D eigenvalue weighted by Gasteiger charge is -2.15. The van der Waals surface area contributed by atoms with Gasteiger partial charge in [0, 0.05) is 12.6 Å². The van der Waals surface area contributed by atoms with E-state index >= 15 is 0 Å². The molecule has 0 aromatic heterocycles. The normalized spacial score (nSPS) is 9.95. The van der Waals surface area contributed by atoms with E-state index in [4.69, 9.17) is 9.84 Å². The zero-order valence-electron chi connectivity index (χ0n) is 11.5. The van der Waals surface area contributed by atoms with Crippen molar-refractivity contribution < 1.29 is 19.4 Å². The molecule has 0 atom stereocenters. The van der Waals surface area contributed by atoms with Gasteiger partial charge < -0.3 is 14.7 Å². The number of carboxylic acid groups (broad SMARTS) is 1. The number of aliphatic carboxylic acids is 1. The lowest BCUT2D eigenvalue weighted by Crippen LogP contribution is -2.31. The molecule has 2 aromatic rings. The Labute approximate surface area is 122 Å². The molecular formula is C16H15NO4. The van der Waals surface area contributed by atoms with Crippen LogP contribution in [0.15, 0.2) is 54.6 Å². The first-order valence-electron chi connectivity index (χ1n) is 6.36. The highest BCUT2D eigenvalue weighted by molar-refractivity contribution is 5.96. The highest BCUT2D eigenvalue weighted by Crippen LogP contribution is 2.22. The number of hydrogen-bond donors (Lipinski definition) is 1. The highest BCUT2D eigenvalue weighted by atomic mass is 16.5. The van der Waals surface area contributed by atoms with Gasteiger partial charge in [-0.25, -0.2) is 0 Å². The maximum Gasteiger partial charge on any atom is 0.323 e. The van der Waals surface area contributed by atoms with Crippen molar-refractivity contribution in [2.24, 2.45) is 0 Å². The van der Waals surface area contributed by atoms with Gasteiger partial charge in [0.05, 0.1) is 0 Å². The summed E-state index contributed by atoms with van der Waals surface area (Å²) < 4.78 is 5.64. The van der Waals surface area contributed by atoms with Crippen LogP contribution in [-0.4, -0.2) is 35.5 Å². The first-order chi connectivity index (χ1) is 10.1. The predicted molar refractivity (Wildman–Crippen MR) is 77.6 cm³/mol. The Morgan fingerprint density at radius 2 is 1.71 bits per heavy atom. The maximum atomic E-state index is 12.1. The van der Waals surface area contributed by atoms with E-state index in [0.29, 0.717) is 17.1 Å². The number of hydrogen-bond acceptors (Lipinski definition) is 3. The number of ether oxygens (including phenoxy) is 1. The van der Waals surface area contributed by atoms with Crippen molar-refractivity contribution in [1.29, 1.82) is 0 Å². The Balaban J connectivity index is 2.14. The number of benzene rings is 2. The molecule has 0 aliphatic heterocycles. The van der Waals surface area contributed by atoms with Gasteiger partial charge in [-0.15, -0.1) is 0 Å². The Morgan fingerprint density at radius 1 is 1.05 bits per heavy atom. The van der Waals surface area contributed by atoms with Crippen molar-refractivity contribution in [3.05, 3.63) is 60.2 Å². The van der Waals surface area contributed by atoms with Crippen molar-refractivity contribution in [3.63, 3.8) is 0 Å². The standard InChI is InChI=1S/C16H15NO4/c1-17(11-15(18)19)16(20)12-6-5-9-14(10-12)21-13-7-3-2-4-8-13/h2-10H,11H2,1H3,(H,18,19). The van der Waals surface area contributed by atoms with Crippen molar-refractivity contribution in [2.45, 2.75) is 0 Å². The van der Waals surface area contributed by atoms with Gasteiger partial charge in [-0.1, -0.05) is 24.3 Å². The van der Waals surface area contributed by atoms with Crippen molar-refractivity contribution in [2.75, 3.05) is 13.6 Å². The van der Waals surface area contributed by atoms with Crippen LogP contribution in [0.3, 0.4) is 0 Å². The molecule has 0 aliphatic rings. The first-order valence-corrected chi connectivity index (χ1v) is 6.36. The summed E-state index contributed by atoms with van der Waals surface area (Å²) in [5.74, 6) is -0.227. The molecule has 2 rings (SSSR count).